The second-order valence-electron chi connectivity index (χ2n) is 8.68. The van der Waals surface area contributed by atoms with Crippen molar-refractivity contribution < 1.29 is 8.78 Å². The Hall–Kier alpha value is -3.50. The van der Waals surface area contributed by atoms with Gasteiger partial charge in [-0.3, -0.25) is 0 Å². The van der Waals surface area contributed by atoms with Gasteiger partial charge in [0, 0.05) is 35.6 Å². The highest BCUT2D eigenvalue weighted by Gasteiger charge is 2.22. The van der Waals surface area contributed by atoms with Crippen LogP contribution in [0.1, 0.15) is 37.8 Å². The van der Waals surface area contributed by atoms with Crippen LogP contribution in [0.2, 0.25) is 5.02 Å². The number of halogens is 3. The summed E-state index contributed by atoms with van der Waals surface area (Å²) in [6.07, 6.45) is 9.83. The van der Waals surface area contributed by atoms with Crippen LogP contribution >= 0.6 is 11.6 Å². The Bertz CT molecular complexity index is 1370. The second kappa shape index (κ2) is 9.63. The smallest absolute Gasteiger partial charge is 0.333 e. The zero-order valence-electron chi connectivity index (χ0n) is 18.8. The molecule has 5 rings (SSSR count). The van der Waals surface area contributed by atoms with E-state index >= 15 is 0 Å². The van der Waals surface area contributed by atoms with Crippen molar-refractivity contribution in [1.82, 2.24) is 19.4 Å². The average molecular weight is 499 g/mol. The first kappa shape index (κ1) is 23.3. The Balaban J connectivity index is 1.59. The molecule has 1 fully saturated rings. The largest absolute Gasteiger partial charge is 0.383 e. The number of nitrogens with one attached hydrogen (secondary N) is 1. The Kier molecular flexibility index (Phi) is 6.40. The summed E-state index contributed by atoms with van der Waals surface area (Å²) in [7, 11) is 0. The molecule has 182 valence electrons. The van der Waals surface area contributed by atoms with Gasteiger partial charge >= 0.3 is 6.55 Å². The number of hydrogen-bond donors (Lipinski definition) is 3. The molecule has 8 nitrogen and oxygen atoms in total. The summed E-state index contributed by atoms with van der Waals surface area (Å²) in [4.78, 5) is 4.55. The van der Waals surface area contributed by atoms with Crippen molar-refractivity contribution in [3.05, 3.63) is 65.7 Å². The van der Waals surface area contributed by atoms with Crippen LogP contribution in [0.3, 0.4) is 0 Å². The van der Waals surface area contributed by atoms with Gasteiger partial charge in [0.2, 0.25) is 0 Å². The predicted octanol–water partition coefficient (Wildman–Crippen LogP) is 4.97. The van der Waals surface area contributed by atoms with Crippen LogP contribution in [0, 0.1) is 0 Å². The first-order valence-corrected chi connectivity index (χ1v) is 11.7. The molecule has 0 aliphatic heterocycles. The molecule has 0 radical (unpaired) electrons. The van der Waals surface area contributed by atoms with E-state index in [1.54, 1.807) is 29.0 Å². The van der Waals surface area contributed by atoms with Gasteiger partial charge in [0.1, 0.15) is 5.84 Å². The molecular weight excluding hydrogens is 474 g/mol. The number of alkyl halides is 2. The van der Waals surface area contributed by atoms with E-state index < -0.39 is 6.55 Å². The van der Waals surface area contributed by atoms with Crippen molar-refractivity contribution >= 4 is 34.3 Å². The molecule has 11 heteroatoms. The van der Waals surface area contributed by atoms with E-state index in [0.717, 1.165) is 36.9 Å². The zero-order chi connectivity index (χ0) is 24.5. The first-order valence-electron chi connectivity index (χ1n) is 11.3. The van der Waals surface area contributed by atoms with Gasteiger partial charge < -0.3 is 16.8 Å². The van der Waals surface area contributed by atoms with E-state index in [2.05, 4.69) is 20.5 Å². The van der Waals surface area contributed by atoms with Gasteiger partial charge in [0.05, 0.1) is 39.9 Å². The molecule has 3 aromatic heterocycles. The highest BCUT2D eigenvalue weighted by Crippen LogP contribution is 2.32. The summed E-state index contributed by atoms with van der Waals surface area (Å²) in [5.41, 5.74) is 16.5. The third-order valence-electron chi connectivity index (χ3n) is 6.26. The quantitative estimate of drug-likeness (QED) is 0.257. The fourth-order valence-electron chi connectivity index (χ4n) is 4.35. The number of aliphatic imine (C=N–C) groups is 1. The van der Waals surface area contributed by atoms with E-state index in [4.69, 9.17) is 23.1 Å². The minimum absolute atomic E-state index is 0.202. The number of hydrogen-bond acceptors (Lipinski definition) is 5. The number of fused-ring (bicyclic) bond motifs is 1. The van der Waals surface area contributed by atoms with E-state index in [9.17, 15) is 8.78 Å². The molecule has 1 aliphatic carbocycles. The van der Waals surface area contributed by atoms with Gasteiger partial charge in [0.25, 0.3) is 0 Å². The molecule has 3 heterocycles. The number of nitrogens with two attached hydrogens (primary N) is 2. The van der Waals surface area contributed by atoms with Crippen molar-refractivity contribution in [2.75, 3.05) is 5.32 Å². The number of rotatable bonds is 6. The molecule has 0 spiro atoms. The summed E-state index contributed by atoms with van der Waals surface area (Å²) in [6.45, 7) is -2.71. The maximum absolute atomic E-state index is 13.0. The molecule has 4 aromatic rings. The first-order chi connectivity index (χ1) is 16.9. The molecule has 1 aromatic carbocycles. The van der Waals surface area contributed by atoms with Crippen LogP contribution in [0.5, 0.6) is 0 Å². The molecule has 5 N–H and O–H groups in total. The van der Waals surface area contributed by atoms with Crippen LogP contribution < -0.4 is 16.8 Å². The van der Waals surface area contributed by atoms with Gasteiger partial charge in [-0.15, -0.1) is 0 Å². The van der Waals surface area contributed by atoms with Gasteiger partial charge in [-0.1, -0.05) is 23.7 Å². The van der Waals surface area contributed by atoms with E-state index in [-0.39, 0.29) is 17.9 Å². The number of anilines is 1. The molecule has 0 saturated heterocycles. The average Bonchev–Trinajstić information content (AvgIpc) is 3.50. The SMILES string of the molecule is NC(=Nc1ccccc1Cl)c1cnn2cc(-c3cnn(C(F)F)c3)cc2c1NC1CCC(N)CC1. The lowest BCUT2D eigenvalue weighted by Gasteiger charge is -2.28. The Morgan fingerprint density at radius 2 is 1.86 bits per heavy atom. The fourth-order valence-corrected chi connectivity index (χ4v) is 4.53. The van der Waals surface area contributed by atoms with Crippen LogP contribution in [-0.2, 0) is 0 Å². The van der Waals surface area contributed by atoms with Crippen LogP contribution in [0.25, 0.3) is 16.6 Å². The molecule has 35 heavy (non-hydrogen) atoms. The molecule has 0 bridgehead atoms. The topological polar surface area (TPSA) is 112 Å². The molecule has 0 atom stereocenters. The Morgan fingerprint density at radius 1 is 1.09 bits per heavy atom. The third-order valence-corrected chi connectivity index (χ3v) is 6.58. The Morgan fingerprint density at radius 3 is 2.57 bits per heavy atom. The predicted molar refractivity (Wildman–Crippen MR) is 133 cm³/mol. The highest BCUT2D eigenvalue weighted by molar-refractivity contribution is 6.33. The van der Waals surface area contributed by atoms with Crippen molar-refractivity contribution in [3.63, 3.8) is 0 Å². The standard InChI is InChI=1S/C24H25ClF2N8/c25-19-3-1-2-4-20(19)33-23(29)18-11-31-34-12-14(15-10-30-35(13-15)24(26)27)9-21(34)22(18)32-17-7-5-16(28)6-8-17/h1-4,9-13,16-17,24,32H,5-8,28H2,(H2,29,33). The second-order valence-corrected chi connectivity index (χ2v) is 9.09. The van der Waals surface area contributed by atoms with Gasteiger partial charge in [-0.05, 0) is 43.9 Å². The van der Waals surface area contributed by atoms with Gasteiger partial charge in [-0.25, -0.2) is 14.2 Å². The van der Waals surface area contributed by atoms with Crippen molar-refractivity contribution in [3.8, 4) is 11.1 Å². The summed E-state index contributed by atoms with van der Waals surface area (Å²) in [5, 5.41) is 12.4. The molecule has 0 amide bonds. The van der Waals surface area contributed by atoms with Crippen LogP contribution in [-0.4, -0.2) is 37.3 Å². The minimum atomic E-state index is -2.71. The molecular formula is C24H25ClF2N8. The number of para-hydroxylation sites is 1. The lowest BCUT2D eigenvalue weighted by molar-refractivity contribution is 0.0566. The number of benzene rings is 1. The van der Waals surface area contributed by atoms with E-state index in [1.807, 2.05) is 18.2 Å². The van der Waals surface area contributed by atoms with Gasteiger partial charge in [-0.2, -0.15) is 19.0 Å². The molecule has 1 aliphatic rings. The Labute approximate surface area is 205 Å². The zero-order valence-corrected chi connectivity index (χ0v) is 19.5. The minimum Gasteiger partial charge on any atom is -0.383 e. The van der Waals surface area contributed by atoms with Gasteiger partial charge in [0.15, 0.2) is 0 Å². The van der Waals surface area contributed by atoms with Crippen molar-refractivity contribution in [2.24, 2.45) is 16.5 Å². The van der Waals surface area contributed by atoms with Crippen LogP contribution in [0.15, 0.2) is 60.1 Å². The van der Waals surface area contributed by atoms with Crippen molar-refractivity contribution in [2.45, 2.75) is 44.3 Å². The fraction of sp³-hybridized carbons (Fsp3) is 0.292. The maximum Gasteiger partial charge on any atom is 0.333 e. The highest BCUT2D eigenvalue weighted by atomic mass is 35.5. The monoisotopic (exact) mass is 498 g/mol. The lowest BCUT2D eigenvalue weighted by Crippen LogP contribution is -2.33. The van der Waals surface area contributed by atoms with Crippen molar-refractivity contribution in [1.29, 1.82) is 0 Å². The number of nitrogens with zero attached hydrogens (tertiary/aromatic N) is 5. The summed E-state index contributed by atoms with van der Waals surface area (Å²) in [5.74, 6) is 0.261. The summed E-state index contributed by atoms with van der Waals surface area (Å²) < 4.78 is 28.4. The lowest BCUT2D eigenvalue weighted by atomic mass is 9.91. The molecule has 1 saturated carbocycles. The van der Waals surface area contributed by atoms with E-state index in [0.29, 0.717) is 32.1 Å². The summed E-state index contributed by atoms with van der Waals surface area (Å²) >= 11 is 6.28. The maximum atomic E-state index is 13.0. The third kappa shape index (κ3) is 4.85. The number of aromatic nitrogens is 4. The summed E-state index contributed by atoms with van der Waals surface area (Å²) in [6, 6.07) is 9.48. The number of amidine groups is 1. The molecule has 0 unspecified atom stereocenters. The van der Waals surface area contributed by atoms with Crippen LogP contribution in [0.4, 0.5) is 20.2 Å². The normalized spacial score (nSPS) is 18.9. The van der Waals surface area contributed by atoms with E-state index in [1.165, 1.54) is 12.4 Å².